The predicted octanol–water partition coefficient (Wildman–Crippen LogP) is 4.15. The second kappa shape index (κ2) is 8.70. The van der Waals surface area contributed by atoms with Crippen LogP contribution in [0.2, 0.25) is 10.0 Å². The standard InChI is InChI=1S/C17H16Cl3NO3/c18-13-6-12(7-14(19)8-13)11-3-1-10(2-4-11)5-15(21-20)16(22)9-17(23)24/h1-4,6-8,15-16,21-22H,5,9H2,(H,23,24)/t15-,16+/m1/s1. The zero-order valence-corrected chi connectivity index (χ0v) is 14.8. The van der Waals surface area contributed by atoms with Crippen LogP contribution in [0.4, 0.5) is 0 Å². The van der Waals surface area contributed by atoms with Gasteiger partial charge in [0.1, 0.15) is 0 Å². The molecule has 0 aliphatic carbocycles. The Morgan fingerprint density at radius 1 is 1.04 bits per heavy atom. The molecule has 3 N–H and O–H groups in total. The van der Waals surface area contributed by atoms with E-state index < -0.39 is 18.1 Å². The Balaban J connectivity index is 2.12. The van der Waals surface area contributed by atoms with Crippen molar-refractivity contribution in [1.82, 2.24) is 4.84 Å². The summed E-state index contributed by atoms with van der Waals surface area (Å²) < 4.78 is 0. The molecule has 4 nitrogen and oxygen atoms in total. The number of aliphatic hydroxyl groups excluding tert-OH is 1. The summed E-state index contributed by atoms with van der Waals surface area (Å²) in [4.78, 5) is 13.1. The van der Waals surface area contributed by atoms with Gasteiger partial charge in [0.2, 0.25) is 0 Å². The van der Waals surface area contributed by atoms with Gasteiger partial charge in [0, 0.05) is 10.0 Å². The van der Waals surface area contributed by atoms with Gasteiger partial charge in [0.15, 0.2) is 0 Å². The zero-order valence-electron chi connectivity index (χ0n) is 12.5. The van der Waals surface area contributed by atoms with Crippen LogP contribution < -0.4 is 4.84 Å². The van der Waals surface area contributed by atoms with Gasteiger partial charge in [-0.25, -0.2) is 4.84 Å². The van der Waals surface area contributed by atoms with Gasteiger partial charge < -0.3 is 10.2 Å². The minimum absolute atomic E-state index is 0.372. The summed E-state index contributed by atoms with van der Waals surface area (Å²) in [7, 11) is 0. The molecule has 0 aliphatic heterocycles. The van der Waals surface area contributed by atoms with Gasteiger partial charge in [-0.15, -0.1) is 0 Å². The second-order valence-electron chi connectivity index (χ2n) is 5.44. The number of rotatable bonds is 7. The summed E-state index contributed by atoms with van der Waals surface area (Å²) >= 11 is 17.6. The van der Waals surface area contributed by atoms with Gasteiger partial charge in [-0.1, -0.05) is 47.5 Å². The first-order valence-electron chi connectivity index (χ1n) is 7.20. The first-order chi connectivity index (χ1) is 11.4. The highest BCUT2D eigenvalue weighted by atomic mass is 35.5. The molecule has 0 unspecified atom stereocenters. The Morgan fingerprint density at radius 2 is 1.62 bits per heavy atom. The van der Waals surface area contributed by atoms with E-state index >= 15 is 0 Å². The average molecular weight is 389 g/mol. The third-order valence-corrected chi connectivity index (χ3v) is 4.31. The number of carboxylic acids is 1. The van der Waals surface area contributed by atoms with Gasteiger partial charge in [0.25, 0.3) is 0 Å². The lowest BCUT2D eigenvalue weighted by Crippen LogP contribution is -2.38. The molecule has 2 atom stereocenters. The molecule has 0 amide bonds. The van der Waals surface area contributed by atoms with Crippen molar-refractivity contribution in [3.05, 3.63) is 58.1 Å². The average Bonchev–Trinajstić information content (AvgIpc) is 2.51. The van der Waals surface area contributed by atoms with E-state index in [-0.39, 0.29) is 6.42 Å². The van der Waals surface area contributed by atoms with Crippen molar-refractivity contribution in [3.8, 4) is 11.1 Å². The molecular weight excluding hydrogens is 373 g/mol. The number of hydrogen-bond donors (Lipinski definition) is 3. The van der Waals surface area contributed by atoms with E-state index in [9.17, 15) is 9.90 Å². The van der Waals surface area contributed by atoms with Crippen molar-refractivity contribution < 1.29 is 15.0 Å². The molecule has 2 rings (SSSR count). The quantitative estimate of drug-likeness (QED) is 0.623. The molecule has 128 valence electrons. The van der Waals surface area contributed by atoms with Crippen LogP contribution in [0.5, 0.6) is 0 Å². The molecule has 24 heavy (non-hydrogen) atoms. The molecule has 0 aromatic heterocycles. The SMILES string of the molecule is O=C(O)C[C@H](O)[C@@H](Cc1ccc(-c2cc(Cl)cc(Cl)c2)cc1)NCl. The van der Waals surface area contributed by atoms with E-state index in [1.807, 2.05) is 36.4 Å². The van der Waals surface area contributed by atoms with Gasteiger partial charge in [-0.3, -0.25) is 4.79 Å². The van der Waals surface area contributed by atoms with Crippen molar-refractivity contribution in [3.63, 3.8) is 0 Å². The molecule has 0 spiro atoms. The minimum atomic E-state index is -1.08. The van der Waals surface area contributed by atoms with Crippen molar-refractivity contribution in [1.29, 1.82) is 0 Å². The Hall–Kier alpha value is -1.30. The van der Waals surface area contributed by atoms with Crippen LogP contribution >= 0.6 is 35.0 Å². The summed E-state index contributed by atoms with van der Waals surface area (Å²) in [5, 5.41) is 19.7. The van der Waals surface area contributed by atoms with Crippen LogP contribution in [0.3, 0.4) is 0 Å². The molecule has 2 aromatic rings. The highest BCUT2D eigenvalue weighted by molar-refractivity contribution is 6.35. The highest BCUT2D eigenvalue weighted by Gasteiger charge is 2.21. The number of nitrogens with one attached hydrogen (secondary N) is 1. The summed E-state index contributed by atoms with van der Waals surface area (Å²) in [5.41, 5.74) is 2.76. The maximum atomic E-state index is 10.7. The Bertz CT molecular complexity index is 686. The van der Waals surface area contributed by atoms with E-state index in [2.05, 4.69) is 4.84 Å². The van der Waals surface area contributed by atoms with E-state index in [1.165, 1.54) is 0 Å². The number of carbonyl (C=O) groups is 1. The molecular formula is C17H16Cl3NO3. The lowest BCUT2D eigenvalue weighted by atomic mass is 9.98. The lowest BCUT2D eigenvalue weighted by molar-refractivity contribution is -0.139. The third-order valence-electron chi connectivity index (χ3n) is 3.59. The second-order valence-corrected chi connectivity index (χ2v) is 6.53. The normalized spacial score (nSPS) is 13.5. The van der Waals surface area contributed by atoms with Crippen molar-refractivity contribution >= 4 is 40.9 Å². The molecule has 2 aromatic carbocycles. The zero-order chi connectivity index (χ0) is 17.7. The predicted molar refractivity (Wildman–Crippen MR) is 96.6 cm³/mol. The molecule has 7 heteroatoms. The molecule has 0 fully saturated rings. The van der Waals surface area contributed by atoms with E-state index in [0.29, 0.717) is 16.5 Å². The molecule has 0 radical (unpaired) electrons. The van der Waals surface area contributed by atoms with Gasteiger partial charge in [-0.05, 0) is 53.1 Å². The molecule has 0 heterocycles. The minimum Gasteiger partial charge on any atom is -0.481 e. The number of benzene rings is 2. The smallest absolute Gasteiger partial charge is 0.306 e. The topological polar surface area (TPSA) is 69.6 Å². The van der Waals surface area contributed by atoms with Gasteiger partial charge >= 0.3 is 5.97 Å². The van der Waals surface area contributed by atoms with E-state index in [4.69, 9.17) is 40.1 Å². The number of aliphatic hydroxyl groups is 1. The number of aliphatic carboxylic acids is 1. The molecule has 0 saturated heterocycles. The maximum Gasteiger partial charge on any atom is 0.306 e. The summed E-state index contributed by atoms with van der Waals surface area (Å²) in [6, 6.07) is 12.3. The molecule has 0 bridgehead atoms. The number of halogens is 3. The van der Waals surface area contributed by atoms with E-state index in [0.717, 1.165) is 16.7 Å². The first-order valence-corrected chi connectivity index (χ1v) is 8.34. The van der Waals surface area contributed by atoms with Crippen LogP contribution in [-0.4, -0.2) is 28.3 Å². The fourth-order valence-electron chi connectivity index (χ4n) is 2.38. The maximum absolute atomic E-state index is 10.7. The van der Waals surface area contributed by atoms with Crippen LogP contribution in [-0.2, 0) is 11.2 Å². The van der Waals surface area contributed by atoms with Crippen LogP contribution in [0, 0.1) is 0 Å². The number of hydrogen-bond acceptors (Lipinski definition) is 3. The van der Waals surface area contributed by atoms with E-state index in [1.54, 1.807) is 6.07 Å². The summed E-state index contributed by atoms with van der Waals surface area (Å²) in [5.74, 6) is -1.08. The Labute approximate surface area is 155 Å². The van der Waals surface area contributed by atoms with Gasteiger partial charge in [-0.2, -0.15) is 0 Å². The van der Waals surface area contributed by atoms with Crippen molar-refractivity contribution in [2.24, 2.45) is 0 Å². The third kappa shape index (κ3) is 5.36. The lowest BCUT2D eigenvalue weighted by Gasteiger charge is -2.20. The van der Waals surface area contributed by atoms with Crippen LogP contribution in [0.25, 0.3) is 11.1 Å². The molecule has 0 aliphatic rings. The van der Waals surface area contributed by atoms with Gasteiger partial charge in [0.05, 0.1) is 18.6 Å². The highest BCUT2D eigenvalue weighted by Crippen LogP contribution is 2.27. The first kappa shape index (κ1) is 19.0. The summed E-state index contributed by atoms with van der Waals surface area (Å²) in [6.45, 7) is 0. The summed E-state index contributed by atoms with van der Waals surface area (Å²) in [6.07, 6.45) is -1.05. The Morgan fingerprint density at radius 3 is 2.12 bits per heavy atom. The van der Waals surface area contributed by atoms with Crippen molar-refractivity contribution in [2.45, 2.75) is 25.0 Å². The van der Waals surface area contributed by atoms with Crippen LogP contribution in [0.15, 0.2) is 42.5 Å². The largest absolute Gasteiger partial charge is 0.481 e. The van der Waals surface area contributed by atoms with Crippen molar-refractivity contribution in [2.75, 3.05) is 0 Å². The number of carboxylic acid groups (broad SMARTS) is 1. The molecule has 0 saturated carbocycles. The Kier molecular flexibility index (Phi) is 6.90. The van der Waals surface area contributed by atoms with Crippen LogP contribution in [0.1, 0.15) is 12.0 Å². The fourth-order valence-corrected chi connectivity index (χ4v) is 3.12. The fraction of sp³-hybridized carbons (Fsp3) is 0.235. The monoisotopic (exact) mass is 387 g/mol.